The molecule has 0 aliphatic carbocycles. The van der Waals surface area contributed by atoms with Gasteiger partial charge >= 0.3 is 5.63 Å². The van der Waals surface area contributed by atoms with E-state index in [-0.39, 0.29) is 11.4 Å². The number of para-hydroxylation sites is 1. The third kappa shape index (κ3) is 3.48. The Morgan fingerprint density at radius 1 is 0.892 bits per heavy atom. The van der Waals surface area contributed by atoms with E-state index in [9.17, 15) is 4.79 Å². The molecule has 0 fully saturated rings. The van der Waals surface area contributed by atoms with E-state index in [1.165, 1.54) is 6.33 Å². The number of rotatable bonds is 2. The first-order chi connectivity index (χ1) is 18.0. The second kappa shape index (κ2) is 8.41. The average Bonchev–Trinajstić information content (AvgIpc) is 3.33. The van der Waals surface area contributed by atoms with Crippen LogP contribution in [0.15, 0.2) is 86.7 Å². The number of hydrogen-bond acceptors (Lipinski definition) is 6. The van der Waals surface area contributed by atoms with E-state index in [1.54, 1.807) is 34.8 Å². The lowest BCUT2D eigenvalue weighted by Crippen LogP contribution is -2.22. The van der Waals surface area contributed by atoms with E-state index < -0.39 is 11.5 Å². The molecule has 37 heavy (non-hydrogen) atoms. The maximum Gasteiger partial charge on any atom is 0.344 e. The summed E-state index contributed by atoms with van der Waals surface area (Å²) >= 11 is 16.9. The van der Waals surface area contributed by atoms with Crippen LogP contribution in [0.4, 0.5) is 0 Å². The Morgan fingerprint density at radius 3 is 2.43 bits per heavy atom. The van der Waals surface area contributed by atoms with Gasteiger partial charge in [0.15, 0.2) is 17.2 Å². The molecule has 1 aliphatic heterocycles. The molecule has 6 aromatic rings. The van der Waals surface area contributed by atoms with Crippen molar-refractivity contribution in [2.45, 2.75) is 5.92 Å². The summed E-state index contributed by atoms with van der Waals surface area (Å²) < 4.78 is 14.5. The molecule has 7 rings (SSSR count). The Bertz CT molecular complexity index is 1920. The van der Waals surface area contributed by atoms with Crippen LogP contribution in [0, 0.1) is 0 Å². The molecule has 3 aromatic heterocycles. The van der Waals surface area contributed by atoms with E-state index in [4.69, 9.17) is 37.3 Å². The van der Waals surface area contributed by atoms with Crippen LogP contribution in [-0.4, -0.2) is 19.6 Å². The molecular formula is C27H13BrCl2N4O3. The predicted octanol–water partition coefficient (Wildman–Crippen LogP) is 7.25. The van der Waals surface area contributed by atoms with E-state index in [0.717, 1.165) is 10.0 Å². The molecule has 4 heterocycles. The van der Waals surface area contributed by atoms with Crippen molar-refractivity contribution < 1.29 is 9.15 Å². The summed E-state index contributed by atoms with van der Waals surface area (Å²) in [5, 5.41) is 6.04. The number of ether oxygens (including phenoxy) is 1. The topological polar surface area (TPSA) is 82.5 Å². The summed E-state index contributed by atoms with van der Waals surface area (Å²) in [6.45, 7) is 0. The molecule has 3 aromatic carbocycles. The summed E-state index contributed by atoms with van der Waals surface area (Å²) in [6.07, 6.45) is 1.54. The fourth-order valence-corrected chi connectivity index (χ4v) is 5.61. The fourth-order valence-electron chi connectivity index (χ4n) is 4.73. The van der Waals surface area contributed by atoms with Gasteiger partial charge in [0.1, 0.15) is 11.9 Å². The largest absolute Gasteiger partial charge is 0.437 e. The maximum atomic E-state index is 13.5. The first-order valence-corrected chi connectivity index (χ1v) is 12.7. The molecule has 1 aliphatic rings. The van der Waals surface area contributed by atoms with Gasteiger partial charge in [-0.2, -0.15) is 0 Å². The molecule has 0 bridgehead atoms. The van der Waals surface area contributed by atoms with E-state index in [2.05, 4.69) is 26.0 Å². The smallest absolute Gasteiger partial charge is 0.344 e. The van der Waals surface area contributed by atoms with Gasteiger partial charge in [-0.3, -0.25) is 0 Å². The van der Waals surface area contributed by atoms with Crippen LogP contribution in [0.5, 0.6) is 11.6 Å². The van der Waals surface area contributed by atoms with E-state index >= 15 is 0 Å². The van der Waals surface area contributed by atoms with Gasteiger partial charge in [-0.1, -0.05) is 69.5 Å². The van der Waals surface area contributed by atoms with E-state index in [0.29, 0.717) is 49.4 Å². The zero-order valence-corrected chi connectivity index (χ0v) is 21.8. The van der Waals surface area contributed by atoms with Crippen molar-refractivity contribution in [3.8, 4) is 23.0 Å². The predicted molar refractivity (Wildman–Crippen MR) is 144 cm³/mol. The molecule has 0 saturated carbocycles. The van der Waals surface area contributed by atoms with Crippen LogP contribution < -0.4 is 10.4 Å². The van der Waals surface area contributed by atoms with Gasteiger partial charge in [0, 0.05) is 25.6 Å². The van der Waals surface area contributed by atoms with Gasteiger partial charge in [-0.05, 0) is 36.4 Å². The van der Waals surface area contributed by atoms with Crippen molar-refractivity contribution in [3.05, 3.63) is 115 Å². The SMILES string of the molecule is O=c1oc2ccccc2c2c1C(c1c(Cl)cccc1Cl)c1c(ncn3nc(-c4ccc(Br)cc4)nc13)O2. The molecule has 7 nitrogen and oxygen atoms in total. The van der Waals surface area contributed by atoms with Crippen molar-refractivity contribution in [2.75, 3.05) is 0 Å². The number of nitrogens with zero attached hydrogens (tertiary/aromatic N) is 4. The van der Waals surface area contributed by atoms with Crippen LogP contribution in [0.2, 0.25) is 10.0 Å². The fraction of sp³-hybridized carbons (Fsp3) is 0.0370. The van der Waals surface area contributed by atoms with Crippen LogP contribution in [0.25, 0.3) is 28.0 Å². The lowest BCUT2D eigenvalue weighted by molar-refractivity contribution is 0.422. The minimum absolute atomic E-state index is 0.268. The standard InChI is InChI=1S/C27H13BrCl2N4O3/c28-14-10-8-13(9-11-14)24-32-25-22-20(19-16(29)5-3-6-17(19)30)21-23(37-26(22)31-12-34(25)33-24)15-4-1-2-7-18(15)36-27(21)35/h1-12,20H. The number of hydrogen-bond donors (Lipinski definition) is 0. The molecule has 0 N–H and O–H groups in total. The minimum atomic E-state index is -0.765. The van der Waals surface area contributed by atoms with Gasteiger partial charge in [0.05, 0.1) is 22.4 Å². The Morgan fingerprint density at radius 2 is 1.65 bits per heavy atom. The van der Waals surface area contributed by atoms with Gasteiger partial charge in [0.25, 0.3) is 0 Å². The molecule has 0 amide bonds. The minimum Gasteiger partial charge on any atom is -0.437 e. The van der Waals surface area contributed by atoms with Crippen LogP contribution in [0.3, 0.4) is 0 Å². The highest BCUT2D eigenvalue weighted by molar-refractivity contribution is 9.10. The molecule has 0 radical (unpaired) electrons. The van der Waals surface area contributed by atoms with Crippen molar-refractivity contribution >= 4 is 55.7 Å². The van der Waals surface area contributed by atoms with Crippen molar-refractivity contribution in [1.82, 2.24) is 19.6 Å². The molecule has 180 valence electrons. The van der Waals surface area contributed by atoms with Crippen LogP contribution in [-0.2, 0) is 0 Å². The number of halogens is 3. The number of aromatic nitrogens is 4. The Labute approximate surface area is 227 Å². The summed E-state index contributed by atoms with van der Waals surface area (Å²) in [4.78, 5) is 22.9. The molecular weight excluding hydrogens is 579 g/mol. The third-order valence-corrected chi connectivity index (χ3v) is 7.54. The van der Waals surface area contributed by atoms with Crippen LogP contribution >= 0.6 is 39.1 Å². The summed E-state index contributed by atoms with van der Waals surface area (Å²) in [5.74, 6) is 0.360. The van der Waals surface area contributed by atoms with Crippen molar-refractivity contribution in [2.24, 2.45) is 0 Å². The zero-order chi connectivity index (χ0) is 25.3. The first-order valence-electron chi connectivity index (χ1n) is 11.2. The quantitative estimate of drug-likeness (QED) is 0.197. The van der Waals surface area contributed by atoms with Crippen molar-refractivity contribution in [3.63, 3.8) is 0 Å². The summed E-state index contributed by atoms with van der Waals surface area (Å²) in [6, 6.07) is 20.0. The Balaban J connectivity index is 1.57. The monoisotopic (exact) mass is 590 g/mol. The van der Waals surface area contributed by atoms with Gasteiger partial charge in [0.2, 0.25) is 5.88 Å². The maximum absolute atomic E-state index is 13.5. The second-order valence-corrected chi connectivity index (χ2v) is 10.2. The lowest BCUT2D eigenvalue weighted by Gasteiger charge is -2.28. The number of fused-ring (bicyclic) bond motifs is 6. The third-order valence-electron chi connectivity index (χ3n) is 6.35. The molecule has 1 unspecified atom stereocenters. The summed E-state index contributed by atoms with van der Waals surface area (Å²) in [5.41, 5.74) is 2.43. The first kappa shape index (κ1) is 22.5. The zero-order valence-electron chi connectivity index (χ0n) is 18.7. The highest BCUT2D eigenvalue weighted by Crippen LogP contribution is 2.51. The molecule has 10 heteroatoms. The Kier molecular flexibility index (Phi) is 5.11. The van der Waals surface area contributed by atoms with Gasteiger partial charge in [-0.15, -0.1) is 5.10 Å². The number of benzene rings is 3. The van der Waals surface area contributed by atoms with Crippen molar-refractivity contribution in [1.29, 1.82) is 0 Å². The molecule has 0 spiro atoms. The van der Waals surface area contributed by atoms with E-state index in [1.807, 2.05) is 36.4 Å². The van der Waals surface area contributed by atoms with Gasteiger partial charge in [-0.25, -0.2) is 19.3 Å². The Hall–Kier alpha value is -3.72. The second-order valence-electron chi connectivity index (χ2n) is 8.47. The van der Waals surface area contributed by atoms with Gasteiger partial charge < -0.3 is 9.15 Å². The highest BCUT2D eigenvalue weighted by atomic mass is 79.9. The molecule has 0 saturated heterocycles. The highest BCUT2D eigenvalue weighted by Gasteiger charge is 2.39. The average molecular weight is 592 g/mol. The molecule has 1 atom stereocenters. The normalized spacial score (nSPS) is 14.4. The summed E-state index contributed by atoms with van der Waals surface area (Å²) in [7, 11) is 0. The lowest BCUT2D eigenvalue weighted by atomic mass is 9.84. The van der Waals surface area contributed by atoms with Crippen LogP contribution in [0.1, 0.15) is 22.6 Å².